The number of carbonyl (C=O) groups excluding carboxylic acids is 1. The van der Waals surface area contributed by atoms with Gasteiger partial charge in [0.15, 0.2) is 5.76 Å². The Morgan fingerprint density at radius 2 is 1.73 bits per heavy atom. The molecule has 178 valence electrons. The van der Waals surface area contributed by atoms with Crippen LogP contribution in [0.15, 0.2) is 40.8 Å². The largest absolute Gasteiger partial charge is 0.456 e. The molecule has 0 atom stereocenters. The summed E-state index contributed by atoms with van der Waals surface area (Å²) in [5.74, 6) is 4.49. The highest BCUT2D eigenvalue weighted by molar-refractivity contribution is 5.91. The summed E-state index contributed by atoms with van der Waals surface area (Å²) in [5, 5.41) is 4.10. The number of benzene rings is 1. The second-order valence-corrected chi connectivity index (χ2v) is 9.30. The highest BCUT2D eigenvalue weighted by atomic mass is 16.3. The van der Waals surface area contributed by atoms with Gasteiger partial charge < -0.3 is 14.6 Å². The SMILES string of the molecule is CCCC1CCC(CNC(=O)c2ccc(C)o2)CC1.Cc1nc(N(C)C)c2ccccc2n1. The predicted molar refractivity (Wildman–Crippen MR) is 135 cm³/mol. The van der Waals surface area contributed by atoms with Crippen LogP contribution < -0.4 is 10.2 Å². The number of hydrogen-bond donors (Lipinski definition) is 1. The summed E-state index contributed by atoms with van der Waals surface area (Å²) >= 11 is 0. The van der Waals surface area contributed by atoms with Gasteiger partial charge in [0, 0.05) is 26.0 Å². The minimum absolute atomic E-state index is 0.0798. The van der Waals surface area contributed by atoms with Gasteiger partial charge in [0.25, 0.3) is 5.91 Å². The number of anilines is 1. The molecule has 1 fully saturated rings. The van der Waals surface area contributed by atoms with Crippen molar-refractivity contribution in [2.24, 2.45) is 11.8 Å². The van der Waals surface area contributed by atoms with Crippen LogP contribution in [0.2, 0.25) is 0 Å². The Morgan fingerprint density at radius 1 is 1.03 bits per heavy atom. The topological polar surface area (TPSA) is 71.3 Å². The summed E-state index contributed by atoms with van der Waals surface area (Å²) in [6, 6.07) is 11.6. The lowest BCUT2D eigenvalue weighted by molar-refractivity contribution is 0.0912. The number of nitrogens with zero attached hydrogens (tertiary/aromatic N) is 3. The molecule has 1 amide bonds. The first-order chi connectivity index (χ1) is 15.9. The van der Waals surface area contributed by atoms with Crippen molar-refractivity contribution in [3.8, 4) is 0 Å². The maximum absolute atomic E-state index is 11.9. The van der Waals surface area contributed by atoms with E-state index >= 15 is 0 Å². The number of rotatable bonds is 6. The average molecular weight is 451 g/mol. The molecule has 1 N–H and O–H groups in total. The van der Waals surface area contributed by atoms with E-state index in [9.17, 15) is 4.79 Å². The molecule has 0 bridgehead atoms. The van der Waals surface area contributed by atoms with E-state index in [1.807, 2.05) is 63.2 Å². The number of nitrogens with one attached hydrogen (secondary N) is 1. The van der Waals surface area contributed by atoms with E-state index in [-0.39, 0.29) is 5.91 Å². The Labute approximate surface area is 197 Å². The molecule has 1 aromatic carbocycles. The predicted octanol–water partition coefficient (Wildman–Crippen LogP) is 5.93. The first kappa shape index (κ1) is 24.7. The summed E-state index contributed by atoms with van der Waals surface area (Å²) in [6.07, 6.45) is 7.82. The van der Waals surface area contributed by atoms with Gasteiger partial charge in [0.2, 0.25) is 0 Å². The number of aromatic nitrogens is 2. The fraction of sp³-hybridized carbons (Fsp3) is 0.519. The van der Waals surface area contributed by atoms with Crippen LogP contribution in [0.5, 0.6) is 0 Å². The van der Waals surface area contributed by atoms with E-state index in [1.54, 1.807) is 6.07 Å². The number of fused-ring (bicyclic) bond motifs is 1. The van der Waals surface area contributed by atoms with E-state index in [0.717, 1.165) is 40.8 Å². The van der Waals surface area contributed by atoms with Crippen molar-refractivity contribution in [1.82, 2.24) is 15.3 Å². The first-order valence-corrected chi connectivity index (χ1v) is 12.1. The third-order valence-corrected chi connectivity index (χ3v) is 6.30. The Hall–Kier alpha value is -2.89. The zero-order valence-corrected chi connectivity index (χ0v) is 20.7. The highest BCUT2D eigenvalue weighted by Crippen LogP contribution is 2.31. The van der Waals surface area contributed by atoms with Gasteiger partial charge in [-0.1, -0.05) is 44.7 Å². The molecule has 2 heterocycles. The second kappa shape index (κ2) is 11.8. The quantitative estimate of drug-likeness (QED) is 0.504. The van der Waals surface area contributed by atoms with E-state index in [1.165, 1.54) is 38.5 Å². The third-order valence-electron chi connectivity index (χ3n) is 6.30. The van der Waals surface area contributed by atoms with Crippen molar-refractivity contribution in [2.75, 3.05) is 25.5 Å². The minimum Gasteiger partial charge on any atom is -0.456 e. The van der Waals surface area contributed by atoms with Gasteiger partial charge in [-0.2, -0.15) is 0 Å². The summed E-state index contributed by atoms with van der Waals surface area (Å²) in [4.78, 5) is 22.7. The Balaban J connectivity index is 0.000000194. The Bertz CT molecular complexity index is 1040. The minimum atomic E-state index is -0.0798. The molecule has 6 heteroatoms. The lowest BCUT2D eigenvalue weighted by atomic mass is 9.80. The van der Waals surface area contributed by atoms with Crippen molar-refractivity contribution >= 4 is 22.6 Å². The number of aryl methyl sites for hydroxylation is 2. The zero-order chi connectivity index (χ0) is 23.8. The molecule has 0 unspecified atom stereocenters. The van der Waals surface area contributed by atoms with Crippen LogP contribution in [0.25, 0.3) is 10.9 Å². The van der Waals surface area contributed by atoms with Gasteiger partial charge in [-0.25, -0.2) is 9.97 Å². The Kier molecular flexibility index (Phi) is 8.87. The van der Waals surface area contributed by atoms with Crippen LogP contribution in [0, 0.1) is 25.7 Å². The molecule has 6 nitrogen and oxygen atoms in total. The van der Waals surface area contributed by atoms with Crippen LogP contribution in [-0.2, 0) is 0 Å². The van der Waals surface area contributed by atoms with Gasteiger partial charge in [-0.15, -0.1) is 0 Å². The molecule has 4 rings (SSSR count). The molecule has 0 aliphatic heterocycles. The Morgan fingerprint density at radius 3 is 2.36 bits per heavy atom. The third kappa shape index (κ3) is 7.04. The van der Waals surface area contributed by atoms with E-state index in [2.05, 4.69) is 22.2 Å². The van der Waals surface area contributed by atoms with Gasteiger partial charge in [-0.05, 0) is 62.8 Å². The maximum atomic E-state index is 11.9. The average Bonchev–Trinajstić information content (AvgIpc) is 3.25. The van der Waals surface area contributed by atoms with Crippen molar-refractivity contribution in [1.29, 1.82) is 0 Å². The van der Waals surface area contributed by atoms with Gasteiger partial charge in [0.05, 0.1) is 5.52 Å². The van der Waals surface area contributed by atoms with Crippen LogP contribution in [0.4, 0.5) is 5.82 Å². The highest BCUT2D eigenvalue weighted by Gasteiger charge is 2.21. The first-order valence-electron chi connectivity index (χ1n) is 12.1. The maximum Gasteiger partial charge on any atom is 0.287 e. The van der Waals surface area contributed by atoms with Crippen LogP contribution in [-0.4, -0.2) is 36.5 Å². The van der Waals surface area contributed by atoms with Crippen molar-refractivity contribution < 1.29 is 9.21 Å². The summed E-state index contributed by atoms with van der Waals surface area (Å²) < 4.78 is 5.32. The molecular formula is C27H38N4O2. The molecule has 3 aromatic rings. The normalized spacial score (nSPS) is 17.8. The number of para-hydroxylation sites is 1. The lowest BCUT2D eigenvalue weighted by Crippen LogP contribution is -2.31. The van der Waals surface area contributed by atoms with Crippen molar-refractivity contribution in [3.63, 3.8) is 0 Å². The second-order valence-electron chi connectivity index (χ2n) is 9.30. The summed E-state index contributed by atoms with van der Waals surface area (Å²) in [7, 11) is 3.99. The lowest BCUT2D eigenvalue weighted by Gasteiger charge is -2.28. The molecule has 0 spiro atoms. The van der Waals surface area contributed by atoms with Crippen LogP contribution >= 0.6 is 0 Å². The molecule has 1 aliphatic carbocycles. The van der Waals surface area contributed by atoms with Crippen LogP contribution in [0.3, 0.4) is 0 Å². The van der Waals surface area contributed by atoms with Gasteiger partial charge in [0.1, 0.15) is 17.4 Å². The van der Waals surface area contributed by atoms with E-state index in [0.29, 0.717) is 11.7 Å². The number of furan rings is 1. The smallest absolute Gasteiger partial charge is 0.287 e. The fourth-order valence-electron chi connectivity index (χ4n) is 4.53. The van der Waals surface area contributed by atoms with E-state index < -0.39 is 0 Å². The molecule has 1 aliphatic rings. The summed E-state index contributed by atoms with van der Waals surface area (Å²) in [6.45, 7) is 6.82. The van der Waals surface area contributed by atoms with Crippen LogP contribution in [0.1, 0.15) is 67.6 Å². The number of carbonyl (C=O) groups is 1. The number of amides is 1. The molecule has 1 saturated carbocycles. The van der Waals surface area contributed by atoms with Gasteiger partial charge >= 0.3 is 0 Å². The molecule has 33 heavy (non-hydrogen) atoms. The standard InChI is InChI=1S/C16H25NO2.C11H13N3/c1-3-4-13-6-8-14(9-7-13)11-17-16(18)15-10-5-12(2)19-15;1-8-12-10-7-5-4-6-9(10)11(13-8)14(2)3/h5,10,13-14H,3-4,6-9,11H2,1-2H3,(H,17,18);4-7H,1-3H3. The summed E-state index contributed by atoms with van der Waals surface area (Å²) in [5.41, 5.74) is 1.00. The fourth-order valence-corrected chi connectivity index (χ4v) is 4.53. The zero-order valence-electron chi connectivity index (χ0n) is 20.7. The van der Waals surface area contributed by atoms with E-state index in [4.69, 9.17) is 4.42 Å². The number of hydrogen-bond acceptors (Lipinski definition) is 5. The monoisotopic (exact) mass is 450 g/mol. The molecule has 2 aromatic heterocycles. The van der Waals surface area contributed by atoms with Gasteiger partial charge in [-0.3, -0.25) is 4.79 Å². The molecule has 0 radical (unpaired) electrons. The molecule has 0 saturated heterocycles. The van der Waals surface area contributed by atoms with Crippen molar-refractivity contribution in [3.05, 3.63) is 53.7 Å². The molecular weight excluding hydrogens is 412 g/mol. The van der Waals surface area contributed by atoms with Crippen molar-refractivity contribution in [2.45, 2.75) is 59.3 Å².